The highest BCUT2D eigenvalue weighted by Crippen LogP contribution is 2.22. The van der Waals surface area contributed by atoms with Crippen LogP contribution in [-0.2, 0) is 0 Å². The fraction of sp³-hybridized carbons (Fsp3) is 1.00. The minimum Gasteiger partial charge on any atom is -0.300 e. The Labute approximate surface area is 167 Å². The van der Waals surface area contributed by atoms with E-state index in [0.29, 0.717) is 0 Å². The Balaban J connectivity index is 6.22. The molecule has 0 aromatic carbocycles. The van der Waals surface area contributed by atoms with Crippen molar-refractivity contribution in [3.05, 3.63) is 0 Å². The molecule has 0 aromatic rings. The molecule has 0 heterocycles. The maximum atomic E-state index is 4.21. The zero-order chi connectivity index (χ0) is 19.8. The highest BCUT2D eigenvalue weighted by Gasteiger charge is 2.50. The van der Waals surface area contributed by atoms with Gasteiger partial charge in [-0.15, -0.1) is 0 Å². The fourth-order valence-electron chi connectivity index (χ4n) is 4.12. The summed E-state index contributed by atoms with van der Waals surface area (Å²) in [4.78, 5) is 4.21. The molecule has 0 amide bonds. The lowest BCUT2D eigenvalue weighted by atomic mass is 10.4. The molecule has 5 heteroatoms. The molecule has 0 spiro atoms. The molecular formula is C21H50N4Si. The van der Waals surface area contributed by atoms with E-state index in [-0.39, 0.29) is 0 Å². The Morgan fingerprint density at radius 3 is 0.923 bits per heavy atom. The van der Waals surface area contributed by atoms with Crippen LogP contribution < -0.4 is 4.98 Å². The average Bonchev–Trinajstić information content (AvgIpc) is 2.63. The maximum absolute atomic E-state index is 4.21. The molecule has 1 N–H and O–H groups in total. The monoisotopic (exact) mass is 386 g/mol. The molecule has 0 saturated carbocycles. The molecule has 0 unspecified atom stereocenters. The summed E-state index contributed by atoms with van der Waals surface area (Å²) in [6.45, 7) is 24.8. The van der Waals surface area contributed by atoms with Crippen molar-refractivity contribution < 1.29 is 0 Å². The summed E-state index contributed by atoms with van der Waals surface area (Å²) in [5.74, 6) is 0. The molecule has 0 aromatic heterocycles. The van der Waals surface area contributed by atoms with E-state index in [1.54, 1.807) is 0 Å². The Morgan fingerprint density at radius 1 is 0.462 bits per heavy atom. The van der Waals surface area contributed by atoms with E-state index in [2.05, 4.69) is 67.1 Å². The predicted molar refractivity (Wildman–Crippen MR) is 121 cm³/mol. The van der Waals surface area contributed by atoms with Crippen LogP contribution in [0.2, 0.25) is 0 Å². The summed E-state index contributed by atoms with van der Waals surface area (Å²) in [6.07, 6.45) is 8.63. The predicted octanol–water partition coefficient (Wildman–Crippen LogP) is 4.79. The summed E-state index contributed by atoms with van der Waals surface area (Å²) in [5.41, 5.74) is 0. The second-order valence-corrected chi connectivity index (χ2v) is 11.0. The largest absolute Gasteiger partial charge is 0.374 e. The lowest BCUT2D eigenvalue weighted by Gasteiger charge is -2.54. The van der Waals surface area contributed by atoms with Crippen LogP contribution >= 0.6 is 0 Å². The van der Waals surface area contributed by atoms with E-state index < -0.39 is 8.72 Å². The summed E-state index contributed by atoms with van der Waals surface area (Å²) >= 11 is 0. The zero-order valence-electron chi connectivity index (χ0n) is 19.2. The topological polar surface area (TPSA) is 21.8 Å². The van der Waals surface area contributed by atoms with Crippen LogP contribution in [0.3, 0.4) is 0 Å². The second-order valence-electron chi connectivity index (χ2n) is 7.52. The number of nitrogens with zero attached hydrogens (tertiary/aromatic N) is 3. The molecule has 0 bridgehead atoms. The first-order valence-corrected chi connectivity index (χ1v) is 13.5. The van der Waals surface area contributed by atoms with Crippen LogP contribution in [-0.4, -0.2) is 68.2 Å². The van der Waals surface area contributed by atoms with Gasteiger partial charge in [0.15, 0.2) is 0 Å². The number of hydrogen-bond acceptors (Lipinski definition) is 4. The van der Waals surface area contributed by atoms with Gasteiger partial charge >= 0.3 is 8.72 Å². The van der Waals surface area contributed by atoms with Gasteiger partial charge in [0.25, 0.3) is 0 Å². The molecule has 0 radical (unpaired) electrons. The first-order chi connectivity index (χ1) is 12.6. The molecule has 0 atom stereocenters. The first-order valence-electron chi connectivity index (χ1n) is 11.6. The van der Waals surface area contributed by atoms with Gasteiger partial charge in [-0.1, -0.05) is 48.5 Å². The van der Waals surface area contributed by atoms with Gasteiger partial charge in [-0.05, 0) is 90.8 Å². The van der Waals surface area contributed by atoms with Crippen LogP contribution in [0.15, 0.2) is 0 Å². The minimum atomic E-state index is -2.08. The van der Waals surface area contributed by atoms with Crippen LogP contribution in [0.1, 0.15) is 93.4 Å². The molecule has 158 valence electrons. The molecule has 26 heavy (non-hydrogen) atoms. The van der Waals surface area contributed by atoms with Crippen LogP contribution in [0, 0.1) is 0 Å². The van der Waals surface area contributed by atoms with Crippen molar-refractivity contribution in [3.8, 4) is 0 Å². The van der Waals surface area contributed by atoms with Crippen molar-refractivity contribution >= 4 is 8.72 Å². The van der Waals surface area contributed by atoms with Gasteiger partial charge in [0.1, 0.15) is 0 Å². The van der Waals surface area contributed by atoms with Gasteiger partial charge in [-0.2, -0.15) is 0 Å². The summed E-state index contributed by atoms with van der Waals surface area (Å²) < 4.78 is 8.66. The van der Waals surface area contributed by atoms with Crippen LogP contribution in [0.25, 0.3) is 0 Å². The molecule has 0 rings (SSSR count). The smallest absolute Gasteiger partial charge is 0.300 e. The highest BCUT2D eigenvalue weighted by atomic mass is 28.4. The number of rotatable bonds is 18. The molecule has 0 fully saturated rings. The second kappa shape index (κ2) is 16.1. The van der Waals surface area contributed by atoms with E-state index in [1.807, 2.05) is 0 Å². The van der Waals surface area contributed by atoms with Gasteiger partial charge in [-0.3, -0.25) is 13.7 Å². The Morgan fingerprint density at radius 2 is 0.731 bits per heavy atom. The lowest BCUT2D eigenvalue weighted by molar-refractivity contribution is 0.219. The van der Waals surface area contributed by atoms with Crippen molar-refractivity contribution in [3.63, 3.8) is 0 Å². The van der Waals surface area contributed by atoms with Gasteiger partial charge in [-0.25, -0.2) is 0 Å². The average molecular weight is 387 g/mol. The SMILES string of the molecule is CCCN[Si](N(CCC)CCC)(N(CCC)CCC)N(CCC)CCC. The van der Waals surface area contributed by atoms with Gasteiger partial charge in [0.2, 0.25) is 0 Å². The molecule has 0 aliphatic carbocycles. The standard InChI is InChI=1S/C21H50N4Si/c1-8-15-22-26(23(16-9-2)17-10-3,24(18-11-4)19-12-5)25(20-13-6)21-14-7/h22H,8-21H2,1-7H3. The van der Waals surface area contributed by atoms with Crippen LogP contribution in [0.5, 0.6) is 0 Å². The van der Waals surface area contributed by atoms with Crippen molar-refractivity contribution in [1.82, 2.24) is 18.7 Å². The van der Waals surface area contributed by atoms with Crippen molar-refractivity contribution in [2.24, 2.45) is 0 Å². The van der Waals surface area contributed by atoms with Crippen molar-refractivity contribution in [2.45, 2.75) is 93.4 Å². The Bertz CT molecular complexity index is 256. The highest BCUT2D eigenvalue weighted by molar-refractivity contribution is 6.69. The van der Waals surface area contributed by atoms with Gasteiger partial charge in [0.05, 0.1) is 0 Å². The third kappa shape index (κ3) is 7.59. The zero-order valence-corrected chi connectivity index (χ0v) is 20.2. The van der Waals surface area contributed by atoms with E-state index in [9.17, 15) is 0 Å². The molecular weight excluding hydrogens is 336 g/mol. The van der Waals surface area contributed by atoms with E-state index in [1.165, 1.54) is 84.2 Å². The normalized spacial score (nSPS) is 12.7. The minimum absolute atomic E-state index is 1.13. The molecule has 0 saturated heterocycles. The van der Waals surface area contributed by atoms with Gasteiger partial charge < -0.3 is 4.98 Å². The summed E-state index contributed by atoms with van der Waals surface area (Å²) in [7, 11) is -2.08. The van der Waals surface area contributed by atoms with Crippen LogP contribution in [0.4, 0.5) is 0 Å². The van der Waals surface area contributed by atoms with Gasteiger partial charge in [0, 0.05) is 0 Å². The van der Waals surface area contributed by atoms with Crippen molar-refractivity contribution in [1.29, 1.82) is 0 Å². The van der Waals surface area contributed by atoms with E-state index in [0.717, 1.165) is 6.54 Å². The fourth-order valence-corrected chi connectivity index (χ4v) is 9.79. The van der Waals surface area contributed by atoms with E-state index in [4.69, 9.17) is 0 Å². The number of nitrogens with one attached hydrogen (secondary N) is 1. The quantitative estimate of drug-likeness (QED) is 0.342. The lowest BCUT2D eigenvalue weighted by Crippen LogP contribution is -2.83. The third-order valence-corrected chi connectivity index (χ3v) is 9.61. The summed E-state index contributed by atoms with van der Waals surface area (Å²) in [6, 6.07) is 0. The molecule has 0 aliphatic heterocycles. The third-order valence-electron chi connectivity index (χ3n) is 4.90. The molecule has 4 nitrogen and oxygen atoms in total. The molecule has 0 aliphatic rings. The first kappa shape index (κ1) is 26.1. The maximum Gasteiger partial charge on any atom is 0.374 e. The summed E-state index contributed by atoms with van der Waals surface area (Å²) in [5, 5.41) is 0. The Kier molecular flexibility index (Phi) is 16.1. The Hall–Kier alpha value is 0.0569. The van der Waals surface area contributed by atoms with E-state index >= 15 is 0 Å². The number of hydrogen-bond donors (Lipinski definition) is 1. The van der Waals surface area contributed by atoms with Crippen molar-refractivity contribution in [2.75, 3.05) is 45.8 Å².